The number of aromatic nitrogens is 1. The molecule has 1 aromatic heterocycles. The average molecular weight is 408 g/mol. The molecule has 1 atom stereocenters. The normalized spacial score (nSPS) is 12.6. The van der Waals surface area contributed by atoms with E-state index >= 15 is 0 Å². The Morgan fingerprint density at radius 3 is 2.67 bits per heavy atom. The van der Waals surface area contributed by atoms with E-state index in [-0.39, 0.29) is 24.0 Å². The summed E-state index contributed by atoms with van der Waals surface area (Å²) in [6, 6.07) is 1.85. The van der Waals surface area contributed by atoms with Gasteiger partial charge in [0.25, 0.3) is 0 Å². The molecular weight excluding hydrogens is 379 g/mol. The molecule has 21 heavy (non-hydrogen) atoms. The molecule has 0 fully saturated rings. The minimum absolute atomic E-state index is 0. The molecule has 6 heteroatoms. The van der Waals surface area contributed by atoms with Gasteiger partial charge in [0.2, 0.25) is 0 Å². The van der Waals surface area contributed by atoms with E-state index in [0.29, 0.717) is 6.54 Å². The summed E-state index contributed by atoms with van der Waals surface area (Å²) in [6.07, 6.45) is 7.94. The zero-order chi connectivity index (χ0) is 14.6. The Morgan fingerprint density at radius 2 is 2.10 bits per heavy atom. The number of rotatable bonds is 9. The zero-order valence-corrected chi connectivity index (χ0v) is 15.7. The first-order valence-corrected chi connectivity index (χ1v) is 7.63. The quantitative estimate of drug-likeness (QED) is 0.373. The minimum atomic E-state index is 0. The molecule has 1 rings (SSSR count). The van der Waals surface area contributed by atoms with Crippen molar-refractivity contribution < 1.29 is 4.52 Å². The van der Waals surface area contributed by atoms with E-state index in [9.17, 15) is 0 Å². The largest absolute Gasteiger partial charge is 0.364 e. The fourth-order valence-electron chi connectivity index (χ4n) is 2.21. The molecule has 5 nitrogen and oxygen atoms in total. The van der Waals surface area contributed by atoms with Gasteiger partial charge in [-0.1, -0.05) is 38.3 Å². The van der Waals surface area contributed by atoms with Crippen LogP contribution in [0.25, 0.3) is 0 Å². The summed E-state index contributed by atoms with van der Waals surface area (Å²) in [5, 5.41) is 10.5. The van der Waals surface area contributed by atoms with Gasteiger partial charge >= 0.3 is 0 Å². The first-order chi connectivity index (χ1) is 9.80. The van der Waals surface area contributed by atoms with Gasteiger partial charge < -0.3 is 15.2 Å². The third-order valence-corrected chi connectivity index (χ3v) is 3.37. The van der Waals surface area contributed by atoms with Gasteiger partial charge in [0.05, 0.1) is 6.54 Å². The van der Waals surface area contributed by atoms with Gasteiger partial charge in [0, 0.05) is 19.7 Å². The Labute approximate surface area is 145 Å². The van der Waals surface area contributed by atoms with Crippen molar-refractivity contribution in [2.24, 2.45) is 10.9 Å². The standard InChI is InChI=1S/C15H28N4O.HI/c1-4-6-8-13(7-5-2)11-17-15(16-3)18-12-14-9-10-20-19-14;/h9-10,13H,4-8,11-12H2,1-3H3,(H2,16,17,18);1H. The summed E-state index contributed by atoms with van der Waals surface area (Å²) in [7, 11) is 1.79. The maximum atomic E-state index is 4.80. The van der Waals surface area contributed by atoms with Gasteiger partial charge in [-0.05, 0) is 18.8 Å². The van der Waals surface area contributed by atoms with Crippen molar-refractivity contribution in [3.05, 3.63) is 18.0 Å². The van der Waals surface area contributed by atoms with E-state index in [1.165, 1.54) is 32.1 Å². The van der Waals surface area contributed by atoms with E-state index in [0.717, 1.165) is 24.1 Å². The van der Waals surface area contributed by atoms with E-state index in [1.54, 1.807) is 13.3 Å². The second-order valence-electron chi connectivity index (χ2n) is 5.09. The molecule has 0 aliphatic rings. The van der Waals surface area contributed by atoms with Crippen LogP contribution in [-0.4, -0.2) is 24.7 Å². The van der Waals surface area contributed by atoms with E-state index in [1.807, 2.05) is 6.07 Å². The summed E-state index contributed by atoms with van der Waals surface area (Å²) in [6.45, 7) is 6.10. The first-order valence-electron chi connectivity index (χ1n) is 7.63. The second-order valence-corrected chi connectivity index (χ2v) is 5.09. The fourth-order valence-corrected chi connectivity index (χ4v) is 2.21. The van der Waals surface area contributed by atoms with Crippen molar-refractivity contribution in [3.8, 4) is 0 Å². The molecule has 0 aliphatic carbocycles. The lowest BCUT2D eigenvalue weighted by atomic mass is 9.97. The lowest BCUT2D eigenvalue weighted by molar-refractivity contribution is 0.410. The summed E-state index contributed by atoms with van der Waals surface area (Å²) in [5.74, 6) is 1.55. The molecule has 1 unspecified atom stereocenters. The van der Waals surface area contributed by atoms with Crippen molar-refractivity contribution in [2.75, 3.05) is 13.6 Å². The average Bonchev–Trinajstić information content (AvgIpc) is 2.98. The van der Waals surface area contributed by atoms with Crippen LogP contribution < -0.4 is 10.6 Å². The maximum Gasteiger partial charge on any atom is 0.191 e. The van der Waals surface area contributed by atoms with E-state index in [4.69, 9.17) is 4.52 Å². The molecule has 2 N–H and O–H groups in total. The summed E-state index contributed by atoms with van der Waals surface area (Å²) in [5.41, 5.74) is 0.879. The van der Waals surface area contributed by atoms with E-state index < -0.39 is 0 Å². The predicted molar refractivity (Wildman–Crippen MR) is 98.0 cm³/mol. The number of nitrogens with one attached hydrogen (secondary N) is 2. The molecule has 0 saturated heterocycles. The molecule has 1 aromatic rings. The van der Waals surface area contributed by atoms with Gasteiger partial charge in [0.15, 0.2) is 5.96 Å². The highest BCUT2D eigenvalue weighted by Crippen LogP contribution is 2.13. The van der Waals surface area contributed by atoms with Crippen molar-refractivity contribution in [2.45, 2.75) is 52.5 Å². The first kappa shape index (κ1) is 20.2. The Balaban J connectivity index is 0.00000400. The third-order valence-electron chi connectivity index (χ3n) is 3.37. The van der Waals surface area contributed by atoms with Crippen LogP contribution in [0.1, 0.15) is 51.6 Å². The predicted octanol–water partition coefficient (Wildman–Crippen LogP) is 3.56. The number of unbranched alkanes of at least 4 members (excludes halogenated alkanes) is 1. The number of hydrogen-bond acceptors (Lipinski definition) is 3. The molecule has 0 spiro atoms. The Bertz CT molecular complexity index is 368. The summed E-state index contributed by atoms with van der Waals surface area (Å²) in [4.78, 5) is 4.24. The number of hydrogen-bond donors (Lipinski definition) is 2. The smallest absolute Gasteiger partial charge is 0.191 e. The zero-order valence-electron chi connectivity index (χ0n) is 13.4. The maximum absolute atomic E-state index is 4.80. The number of nitrogens with zero attached hydrogens (tertiary/aromatic N) is 2. The van der Waals surface area contributed by atoms with Crippen LogP contribution in [0, 0.1) is 5.92 Å². The molecule has 1 heterocycles. The van der Waals surface area contributed by atoms with Gasteiger partial charge in [0.1, 0.15) is 12.0 Å². The molecule has 0 aromatic carbocycles. The molecule has 0 saturated carbocycles. The van der Waals surface area contributed by atoms with Crippen molar-refractivity contribution in [1.29, 1.82) is 0 Å². The van der Waals surface area contributed by atoms with E-state index in [2.05, 4.69) is 34.6 Å². The number of guanidine groups is 1. The van der Waals surface area contributed by atoms with Gasteiger partial charge in [-0.3, -0.25) is 4.99 Å². The van der Waals surface area contributed by atoms with Crippen LogP contribution in [0.5, 0.6) is 0 Å². The SMILES string of the molecule is CCCCC(CCC)CNC(=NC)NCc1ccon1.I. The second kappa shape index (κ2) is 12.9. The summed E-state index contributed by atoms with van der Waals surface area (Å²) >= 11 is 0. The van der Waals surface area contributed by atoms with Crippen LogP contribution in [0.15, 0.2) is 21.8 Å². The molecule has 122 valence electrons. The lowest BCUT2D eigenvalue weighted by Crippen LogP contribution is -2.39. The number of aliphatic imine (C=N–C) groups is 1. The van der Waals surface area contributed by atoms with Crippen LogP contribution in [0.4, 0.5) is 0 Å². The topological polar surface area (TPSA) is 62.5 Å². The van der Waals surface area contributed by atoms with Crippen molar-refractivity contribution in [1.82, 2.24) is 15.8 Å². The van der Waals surface area contributed by atoms with Crippen LogP contribution in [0.3, 0.4) is 0 Å². The molecule has 0 amide bonds. The Morgan fingerprint density at radius 1 is 1.29 bits per heavy atom. The summed E-state index contributed by atoms with van der Waals surface area (Å²) < 4.78 is 4.80. The van der Waals surface area contributed by atoms with Gasteiger partial charge in [-0.15, -0.1) is 24.0 Å². The third kappa shape index (κ3) is 8.95. The molecule has 0 aliphatic heterocycles. The number of halogens is 1. The molecule has 0 radical (unpaired) electrons. The highest BCUT2D eigenvalue weighted by atomic mass is 127. The fraction of sp³-hybridized carbons (Fsp3) is 0.733. The molecule has 0 bridgehead atoms. The van der Waals surface area contributed by atoms with Gasteiger partial charge in [-0.2, -0.15) is 0 Å². The lowest BCUT2D eigenvalue weighted by Gasteiger charge is -2.18. The van der Waals surface area contributed by atoms with Crippen molar-refractivity contribution >= 4 is 29.9 Å². The van der Waals surface area contributed by atoms with Crippen LogP contribution in [-0.2, 0) is 6.54 Å². The minimum Gasteiger partial charge on any atom is -0.364 e. The van der Waals surface area contributed by atoms with Gasteiger partial charge in [-0.25, -0.2) is 0 Å². The monoisotopic (exact) mass is 408 g/mol. The van der Waals surface area contributed by atoms with Crippen LogP contribution in [0.2, 0.25) is 0 Å². The Kier molecular flexibility index (Phi) is 12.4. The molecular formula is C15H29IN4O. The van der Waals surface area contributed by atoms with Crippen molar-refractivity contribution in [3.63, 3.8) is 0 Å². The highest BCUT2D eigenvalue weighted by Gasteiger charge is 2.08. The highest BCUT2D eigenvalue weighted by molar-refractivity contribution is 14.0. The Hall–Kier alpha value is -0.790. The van der Waals surface area contributed by atoms with Crippen LogP contribution >= 0.6 is 24.0 Å².